The van der Waals surface area contributed by atoms with Crippen molar-refractivity contribution in [2.75, 3.05) is 13.2 Å². The van der Waals surface area contributed by atoms with Gasteiger partial charge in [-0.25, -0.2) is 0 Å². The van der Waals surface area contributed by atoms with Gasteiger partial charge in [0.1, 0.15) is 24.4 Å². The molecule has 1 fully saturated rings. The molecule has 422 valence electrons. The molecular weight excluding hydrogens is 931 g/mol. The normalized spacial score (nSPS) is 20.1. The predicted molar refractivity (Wildman–Crippen MR) is 305 cm³/mol. The summed E-state index contributed by atoms with van der Waals surface area (Å²) in [6.45, 7) is 5.50. The van der Waals surface area contributed by atoms with Crippen molar-refractivity contribution >= 4 is 11.9 Å². The smallest absolute Gasteiger partial charge is 0.306 e. The van der Waals surface area contributed by atoms with Gasteiger partial charge in [-0.15, -0.1) is 0 Å². The van der Waals surface area contributed by atoms with E-state index < -0.39 is 67.4 Å². The highest BCUT2D eigenvalue weighted by atomic mass is 16.7. The van der Waals surface area contributed by atoms with Crippen LogP contribution in [0.1, 0.15) is 213 Å². The Kier molecular flexibility index (Phi) is 46.3. The van der Waals surface area contributed by atoms with E-state index in [0.29, 0.717) is 19.3 Å². The quantitative estimate of drug-likeness (QED) is 0.0196. The summed E-state index contributed by atoms with van der Waals surface area (Å²) in [5, 5.41) is 56.8. The number of carbonyl (C=O) groups is 2. The van der Waals surface area contributed by atoms with Crippen LogP contribution in [-0.4, -0.2) is 99.6 Å². The zero-order valence-electron chi connectivity index (χ0n) is 46.4. The first-order chi connectivity index (χ1) is 36.2. The highest BCUT2D eigenvalue weighted by molar-refractivity contribution is 5.80. The lowest BCUT2D eigenvalue weighted by molar-refractivity contribution is -0.305. The topological polar surface area (TPSA) is 175 Å². The Morgan fingerprint density at radius 2 is 0.973 bits per heavy atom. The molecule has 11 heteroatoms. The van der Waals surface area contributed by atoms with Crippen molar-refractivity contribution in [2.45, 2.75) is 262 Å². The summed E-state index contributed by atoms with van der Waals surface area (Å²) < 4.78 is 17.5. The molecule has 8 unspecified atom stereocenters. The molecular formula is C63H105NO10. The molecule has 0 saturated carbocycles. The Morgan fingerprint density at radius 1 is 0.541 bits per heavy atom. The van der Waals surface area contributed by atoms with Crippen LogP contribution in [-0.2, 0) is 23.8 Å². The van der Waals surface area contributed by atoms with Crippen LogP contribution in [0.15, 0.2) is 109 Å². The maximum absolute atomic E-state index is 13.4. The highest BCUT2D eigenvalue weighted by Crippen LogP contribution is 2.26. The SMILES string of the molecule is CC/C=C\C/C=C\C/C=C\C/C=C\C/C=C\C/C=C\CCC(=O)OC1C(OCC(NC(=O)C(O)CCCCCCCC/C=C/C/C=C/CC)C(O)/C=C/CCCCCCCCCCCCC)OC(CO)C(O)C1O. The van der Waals surface area contributed by atoms with E-state index in [2.05, 4.69) is 111 Å². The number of allylic oxidation sites excluding steroid dienone is 17. The average molecular weight is 1040 g/mol. The van der Waals surface area contributed by atoms with Crippen LogP contribution in [0.2, 0.25) is 0 Å². The third kappa shape index (κ3) is 38.0. The Bertz CT molecular complexity index is 1610. The Labute approximate surface area is 449 Å². The first-order valence-electron chi connectivity index (χ1n) is 29.2. The molecule has 0 bridgehead atoms. The summed E-state index contributed by atoms with van der Waals surface area (Å²) in [6.07, 6.45) is 57.1. The third-order valence-corrected chi connectivity index (χ3v) is 12.9. The number of hydrogen-bond acceptors (Lipinski definition) is 10. The second-order valence-corrected chi connectivity index (χ2v) is 19.6. The van der Waals surface area contributed by atoms with Gasteiger partial charge in [-0.1, -0.05) is 226 Å². The Morgan fingerprint density at radius 3 is 1.46 bits per heavy atom. The molecule has 1 heterocycles. The lowest BCUT2D eigenvalue weighted by Gasteiger charge is -2.41. The van der Waals surface area contributed by atoms with Crippen molar-refractivity contribution in [1.29, 1.82) is 0 Å². The fourth-order valence-electron chi connectivity index (χ4n) is 8.36. The predicted octanol–water partition coefficient (Wildman–Crippen LogP) is 13.3. The molecule has 1 amide bonds. The molecule has 1 aliphatic heterocycles. The van der Waals surface area contributed by atoms with Gasteiger partial charge in [0.15, 0.2) is 12.4 Å². The number of aliphatic hydroxyl groups is 5. The average Bonchev–Trinajstić information content (AvgIpc) is 3.40. The number of unbranched alkanes of at least 4 members (excludes halogenated alkanes) is 17. The van der Waals surface area contributed by atoms with E-state index in [1.54, 1.807) is 6.08 Å². The van der Waals surface area contributed by atoms with Gasteiger partial charge in [0.05, 0.1) is 25.4 Å². The minimum atomic E-state index is -1.65. The number of rotatable bonds is 47. The van der Waals surface area contributed by atoms with Gasteiger partial charge in [0.25, 0.3) is 0 Å². The molecule has 0 spiro atoms. The zero-order valence-corrected chi connectivity index (χ0v) is 46.4. The van der Waals surface area contributed by atoms with E-state index in [1.807, 2.05) is 18.2 Å². The first kappa shape index (κ1) is 68.3. The molecule has 0 aromatic heterocycles. The van der Waals surface area contributed by atoms with Gasteiger partial charge in [-0.2, -0.15) is 0 Å². The van der Waals surface area contributed by atoms with Crippen LogP contribution >= 0.6 is 0 Å². The number of ether oxygens (including phenoxy) is 3. The van der Waals surface area contributed by atoms with Crippen LogP contribution < -0.4 is 5.32 Å². The highest BCUT2D eigenvalue weighted by Gasteiger charge is 2.47. The summed E-state index contributed by atoms with van der Waals surface area (Å²) in [5.41, 5.74) is 0. The molecule has 6 N–H and O–H groups in total. The fourth-order valence-corrected chi connectivity index (χ4v) is 8.36. The first-order valence-corrected chi connectivity index (χ1v) is 29.2. The minimum absolute atomic E-state index is 0.00808. The minimum Gasteiger partial charge on any atom is -0.454 e. The van der Waals surface area contributed by atoms with Crippen molar-refractivity contribution < 1.29 is 49.3 Å². The molecule has 0 aliphatic carbocycles. The van der Waals surface area contributed by atoms with E-state index in [0.717, 1.165) is 109 Å². The second-order valence-electron chi connectivity index (χ2n) is 19.6. The summed E-state index contributed by atoms with van der Waals surface area (Å²) in [6, 6.07) is -1.05. The van der Waals surface area contributed by atoms with Crippen LogP contribution in [0.5, 0.6) is 0 Å². The van der Waals surface area contributed by atoms with Crippen LogP contribution in [0.25, 0.3) is 0 Å². The van der Waals surface area contributed by atoms with Gasteiger partial charge < -0.3 is 45.1 Å². The number of carbonyl (C=O) groups excluding carboxylic acids is 2. The zero-order chi connectivity index (χ0) is 54.0. The molecule has 1 saturated heterocycles. The maximum atomic E-state index is 13.4. The molecule has 1 aliphatic rings. The summed E-state index contributed by atoms with van der Waals surface area (Å²) in [4.78, 5) is 26.4. The molecule has 8 atom stereocenters. The molecule has 1 rings (SSSR count). The van der Waals surface area contributed by atoms with Gasteiger partial charge in [0.2, 0.25) is 5.91 Å². The summed E-state index contributed by atoms with van der Waals surface area (Å²) in [5.74, 6) is -1.30. The van der Waals surface area contributed by atoms with Crippen LogP contribution in [0.4, 0.5) is 0 Å². The standard InChI is InChI=1S/C63H105NO10/c1-4-7-10-13-16-19-22-25-26-27-28-29-30-33-36-39-42-45-48-51-58(68)74-61-60(70)59(69)57(52-65)73-63(61)72-53-54(55(66)49-46-43-40-37-34-31-23-20-17-14-11-8-5-2)64-62(71)56(67)50-47-44-41-38-35-32-24-21-18-15-12-9-6-3/h7,9-10,12,16,18-19,21,25-26,28-29,33,36,42,45-46,49,54-57,59-61,63,65-67,69-70H,4-6,8,11,13-15,17,20,22-24,27,30-32,34-35,37-41,43-44,47-48,50-53H2,1-3H3,(H,64,71)/b10-7-,12-9+,19-16-,21-18+,26-25-,29-28-,36-33-,45-42-,49-46+. The number of aliphatic hydroxyl groups excluding tert-OH is 5. The molecule has 11 nitrogen and oxygen atoms in total. The monoisotopic (exact) mass is 1040 g/mol. The Hall–Kier alpha value is -3.68. The van der Waals surface area contributed by atoms with Crippen molar-refractivity contribution in [3.05, 3.63) is 109 Å². The van der Waals surface area contributed by atoms with Gasteiger partial charge in [0, 0.05) is 6.42 Å². The van der Waals surface area contributed by atoms with Gasteiger partial charge in [-0.05, 0) is 89.9 Å². The van der Waals surface area contributed by atoms with Gasteiger partial charge in [-0.3, -0.25) is 9.59 Å². The molecule has 74 heavy (non-hydrogen) atoms. The van der Waals surface area contributed by atoms with E-state index in [-0.39, 0.29) is 19.4 Å². The second kappa shape index (κ2) is 50.2. The fraction of sp³-hybridized carbons (Fsp3) is 0.683. The summed E-state index contributed by atoms with van der Waals surface area (Å²) >= 11 is 0. The van der Waals surface area contributed by atoms with Crippen LogP contribution in [0, 0.1) is 0 Å². The molecule has 0 aromatic rings. The largest absolute Gasteiger partial charge is 0.454 e. The van der Waals surface area contributed by atoms with Gasteiger partial charge >= 0.3 is 5.97 Å². The van der Waals surface area contributed by atoms with Crippen molar-refractivity contribution in [2.24, 2.45) is 0 Å². The van der Waals surface area contributed by atoms with E-state index >= 15 is 0 Å². The summed E-state index contributed by atoms with van der Waals surface area (Å²) in [7, 11) is 0. The number of esters is 1. The van der Waals surface area contributed by atoms with Crippen molar-refractivity contribution in [3.63, 3.8) is 0 Å². The van der Waals surface area contributed by atoms with Crippen LogP contribution in [0.3, 0.4) is 0 Å². The number of nitrogens with one attached hydrogen (secondary N) is 1. The maximum Gasteiger partial charge on any atom is 0.306 e. The molecule has 0 aromatic carbocycles. The lowest BCUT2D eigenvalue weighted by atomic mass is 9.99. The number of hydrogen-bond donors (Lipinski definition) is 6. The Balaban J connectivity index is 2.78. The molecule has 0 radical (unpaired) electrons. The third-order valence-electron chi connectivity index (χ3n) is 12.9. The lowest BCUT2D eigenvalue weighted by Crippen LogP contribution is -2.61. The van der Waals surface area contributed by atoms with E-state index in [1.165, 1.54) is 51.4 Å². The van der Waals surface area contributed by atoms with Crippen molar-refractivity contribution in [3.8, 4) is 0 Å². The van der Waals surface area contributed by atoms with E-state index in [4.69, 9.17) is 14.2 Å². The van der Waals surface area contributed by atoms with E-state index in [9.17, 15) is 35.1 Å². The van der Waals surface area contributed by atoms with Crippen molar-refractivity contribution in [1.82, 2.24) is 5.32 Å². The number of amides is 1.